The van der Waals surface area contributed by atoms with Gasteiger partial charge in [-0.05, 0) is 32.3 Å². The molecule has 0 aliphatic carbocycles. The average Bonchev–Trinajstić information content (AvgIpc) is 2.41. The van der Waals surface area contributed by atoms with Gasteiger partial charge in [0.05, 0.1) is 0 Å². The maximum Gasteiger partial charge on any atom is 0.254 e. The van der Waals surface area contributed by atoms with Crippen molar-refractivity contribution in [3.63, 3.8) is 0 Å². The van der Waals surface area contributed by atoms with Crippen molar-refractivity contribution >= 4 is 5.91 Å². The summed E-state index contributed by atoms with van der Waals surface area (Å²) in [5.41, 5.74) is 0.424. The molecule has 5 heteroatoms. The molecule has 1 fully saturated rings. The number of carbonyl (C=O) groups excluding carboxylic acids is 1. The van der Waals surface area contributed by atoms with Gasteiger partial charge in [0.2, 0.25) is 0 Å². The van der Waals surface area contributed by atoms with Gasteiger partial charge in [-0.3, -0.25) is 9.69 Å². The highest BCUT2D eigenvalue weighted by molar-refractivity contribution is 5.94. The summed E-state index contributed by atoms with van der Waals surface area (Å²) in [5.74, 6) is -0.458. The number of piperazine rings is 1. The Kier molecular flexibility index (Phi) is 4.50. The molecule has 4 nitrogen and oxygen atoms in total. The van der Waals surface area contributed by atoms with Gasteiger partial charge in [0.1, 0.15) is 5.82 Å². The van der Waals surface area contributed by atoms with Gasteiger partial charge in [-0.15, -0.1) is 0 Å². The first kappa shape index (κ1) is 14.0. The number of nitrogens with one attached hydrogen (secondary N) is 1. The molecule has 1 atom stereocenters. The molecule has 1 aromatic carbocycles. The standard InChI is InChI=1S/C14H20FN3O/c1-16-9-13-10-18(7-6-17(13)2)14(19)11-4-3-5-12(15)8-11/h3-5,8,13,16H,6-7,9-10H2,1-2H3. The summed E-state index contributed by atoms with van der Waals surface area (Å²) < 4.78 is 13.2. The van der Waals surface area contributed by atoms with Crippen LogP contribution in [0.4, 0.5) is 4.39 Å². The van der Waals surface area contributed by atoms with Crippen LogP contribution in [0.3, 0.4) is 0 Å². The monoisotopic (exact) mass is 265 g/mol. The van der Waals surface area contributed by atoms with Gasteiger partial charge in [-0.2, -0.15) is 0 Å². The molecule has 0 aromatic heterocycles. The van der Waals surface area contributed by atoms with Gasteiger partial charge in [0.15, 0.2) is 0 Å². The van der Waals surface area contributed by atoms with E-state index in [0.717, 1.165) is 13.1 Å². The number of carbonyl (C=O) groups is 1. The van der Waals surface area contributed by atoms with Gasteiger partial charge in [-0.25, -0.2) is 4.39 Å². The summed E-state index contributed by atoms with van der Waals surface area (Å²) >= 11 is 0. The van der Waals surface area contributed by atoms with E-state index in [4.69, 9.17) is 0 Å². The number of benzene rings is 1. The van der Waals surface area contributed by atoms with Crippen LogP contribution in [-0.2, 0) is 0 Å². The van der Waals surface area contributed by atoms with Gasteiger partial charge >= 0.3 is 0 Å². The minimum Gasteiger partial charge on any atom is -0.336 e. The minimum atomic E-state index is -0.369. The van der Waals surface area contributed by atoms with E-state index in [1.165, 1.54) is 12.1 Å². The number of amides is 1. The predicted octanol–water partition coefficient (Wildman–Crippen LogP) is 0.801. The minimum absolute atomic E-state index is 0.0892. The Morgan fingerprint density at radius 1 is 1.47 bits per heavy atom. The molecule has 1 aliphatic heterocycles. The summed E-state index contributed by atoms with van der Waals surface area (Å²) in [4.78, 5) is 16.4. The predicted molar refractivity (Wildman–Crippen MR) is 72.6 cm³/mol. The molecular weight excluding hydrogens is 245 g/mol. The highest BCUT2D eigenvalue weighted by atomic mass is 19.1. The van der Waals surface area contributed by atoms with E-state index in [1.807, 2.05) is 7.05 Å². The van der Waals surface area contributed by atoms with Crippen LogP contribution in [0, 0.1) is 5.82 Å². The second-order valence-electron chi connectivity index (χ2n) is 4.95. The molecule has 0 radical (unpaired) electrons. The number of rotatable bonds is 3. The Hall–Kier alpha value is -1.46. The molecule has 1 aromatic rings. The SMILES string of the molecule is CNCC1CN(C(=O)c2cccc(F)c2)CCN1C. The molecule has 0 saturated carbocycles. The molecule has 1 N–H and O–H groups in total. The zero-order valence-electron chi connectivity index (χ0n) is 11.4. The van der Waals surface area contributed by atoms with Gasteiger partial charge in [-0.1, -0.05) is 6.07 Å². The van der Waals surface area contributed by atoms with Crippen LogP contribution in [-0.4, -0.2) is 62.0 Å². The fourth-order valence-electron chi connectivity index (χ4n) is 2.39. The van der Waals surface area contributed by atoms with Gasteiger partial charge < -0.3 is 10.2 Å². The van der Waals surface area contributed by atoms with E-state index < -0.39 is 0 Å². The fraction of sp³-hybridized carbons (Fsp3) is 0.500. The van der Waals surface area contributed by atoms with Crippen LogP contribution >= 0.6 is 0 Å². The molecule has 1 unspecified atom stereocenters. The summed E-state index contributed by atoms with van der Waals surface area (Å²) in [6.45, 7) is 3.04. The largest absolute Gasteiger partial charge is 0.336 e. The van der Waals surface area contributed by atoms with Gasteiger partial charge in [0.25, 0.3) is 5.91 Å². The molecule has 0 bridgehead atoms. The smallest absolute Gasteiger partial charge is 0.254 e. The number of likely N-dealkylation sites (N-methyl/N-ethyl adjacent to an activating group) is 2. The van der Waals surface area contributed by atoms with Crippen molar-refractivity contribution < 1.29 is 9.18 Å². The van der Waals surface area contributed by atoms with Crippen LogP contribution in [0.5, 0.6) is 0 Å². The lowest BCUT2D eigenvalue weighted by molar-refractivity contribution is 0.0549. The van der Waals surface area contributed by atoms with Crippen molar-refractivity contribution in [3.8, 4) is 0 Å². The topological polar surface area (TPSA) is 35.6 Å². The van der Waals surface area contributed by atoms with Crippen molar-refractivity contribution in [1.82, 2.24) is 15.1 Å². The summed E-state index contributed by atoms with van der Waals surface area (Å²) in [6.07, 6.45) is 0. The van der Waals surface area contributed by atoms with E-state index in [0.29, 0.717) is 24.7 Å². The van der Waals surface area contributed by atoms with Crippen molar-refractivity contribution in [1.29, 1.82) is 0 Å². The molecule has 0 spiro atoms. The van der Waals surface area contributed by atoms with E-state index in [2.05, 4.69) is 17.3 Å². The Labute approximate surface area is 113 Å². The Morgan fingerprint density at radius 2 is 2.26 bits per heavy atom. The molecule has 104 valence electrons. The maximum absolute atomic E-state index is 13.2. The lowest BCUT2D eigenvalue weighted by atomic mass is 10.1. The second-order valence-corrected chi connectivity index (χ2v) is 4.95. The van der Waals surface area contributed by atoms with Crippen LogP contribution in [0.2, 0.25) is 0 Å². The van der Waals surface area contributed by atoms with Crippen LogP contribution in [0.25, 0.3) is 0 Å². The Balaban J connectivity index is 2.07. The molecule has 1 saturated heterocycles. The van der Waals surface area contributed by atoms with Crippen LogP contribution in [0.1, 0.15) is 10.4 Å². The fourth-order valence-corrected chi connectivity index (χ4v) is 2.39. The molecule has 1 heterocycles. The lowest BCUT2D eigenvalue weighted by Gasteiger charge is -2.39. The highest BCUT2D eigenvalue weighted by Crippen LogP contribution is 2.12. The Bertz CT molecular complexity index is 452. The van der Waals surface area contributed by atoms with Gasteiger partial charge in [0, 0.05) is 37.8 Å². The second kappa shape index (κ2) is 6.12. The quantitative estimate of drug-likeness (QED) is 0.878. The number of nitrogens with zero attached hydrogens (tertiary/aromatic N) is 2. The third-order valence-corrected chi connectivity index (χ3v) is 3.58. The van der Waals surface area contributed by atoms with Crippen molar-refractivity contribution in [3.05, 3.63) is 35.6 Å². The van der Waals surface area contributed by atoms with Crippen molar-refractivity contribution in [2.24, 2.45) is 0 Å². The number of halogens is 1. The van der Waals surface area contributed by atoms with Crippen molar-refractivity contribution in [2.75, 3.05) is 40.3 Å². The van der Waals surface area contributed by atoms with Crippen LogP contribution in [0.15, 0.2) is 24.3 Å². The van der Waals surface area contributed by atoms with E-state index in [9.17, 15) is 9.18 Å². The Morgan fingerprint density at radius 3 is 2.95 bits per heavy atom. The van der Waals surface area contributed by atoms with E-state index in [-0.39, 0.29) is 11.7 Å². The molecule has 19 heavy (non-hydrogen) atoms. The third kappa shape index (κ3) is 3.30. The molecular formula is C14H20FN3O. The number of hydrogen-bond acceptors (Lipinski definition) is 3. The highest BCUT2D eigenvalue weighted by Gasteiger charge is 2.27. The first-order valence-electron chi connectivity index (χ1n) is 6.51. The third-order valence-electron chi connectivity index (χ3n) is 3.58. The number of hydrogen-bond donors (Lipinski definition) is 1. The zero-order valence-corrected chi connectivity index (χ0v) is 11.4. The normalized spacial score (nSPS) is 20.6. The average molecular weight is 265 g/mol. The molecule has 1 aliphatic rings. The van der Waals surface area contributed by atoms with Crippen molar-refractivity contribution in [2.45, 2.75) is 6.04 Å². The van der Waals surface area contributed by atoms with E-state index >= 15 is 0 Å². The summed E-state index contributed by atoms with van der Waals surface area (Å²) in [5, 5.41) is 3.14. The maximum atomic E-state index is 13.2. The first-order valence-corrected chi connectivity index (χ1v) is 6.51. The zero-order chi connectivity index (χ0) is 13.8. The van der Waals surface area contributed by atoms with Crippen LogP contribution < -0.4 is 5.32 Å². The lowest BCUT2D eigenvalue weighted by Crippen LogP contribution is -2.56. The van der Waals surface area contributed by atoms with E-state index in [1.54, 1.807) is 17.0 Å². The molecule has 1 amide bonds. The molecule has 2 rings (SSSR count). The summed E-state index contributed by atoms with van der Waals surface area (Å²) in [7, 11) is 3.97. The summed E-state index contributed by atoms with van der Waals surface area (Å²) in [6, 6.07) is 6.19. The first-order chi connectivity index (χ1) is 9.11.